The molecule has 1 saturated heterocycles. The number of amides is 3. The van der Waals surface area contributed by atoms with E-state index in [2.05, 4.69) is 5.32 Å². The molecule has 4 rings (SSSR count). The first kappa shape index (κ1) is 20.9. The van der Waals surface area contributed by atoms with Crippen molar-refractivity contribution >= 4 is 23.4 Å². The fourth-order valence-electron chi connectivity index (χ4n) is 3.69. The SMILES string of the molecule is CC(=O)N1C[C@H](C(=O)NCc2ccc(C(=O)N3CCOCC3)cc2)Oc2ccccc21. The van der Waals surface area contributed by atoms with E-state index in [9.17, 15) is 14.4 Å². The summed E-state index contributed by atoms with van der Waals surface area (Å²) in [5, 5.41) is 2.86. The number of morpholine rings is 1. The zero-order valence-electron chi connectivity index (χ0n) is 17.4. The molecule has 1 N–H and O–H groups in total. The Bertz CT molecular complexity index is 969. The minimum Gasteiger partial charge on any atom is -0.477 e. The van der Waals surface area contributed by atoms with Crippen molar-refractivity contribution in [3.05, 3.63) is 59.7 Å². The van der Waals surface area contributed by atoms with Crippen molar-refractivity contribution in [1.29, 1.82) is 0 Å². The smallest absolute Gasteiger partial charge is 0.263 e. The van der Waals surface area contributed by atoms with E-state index in [4.69, 9.17) is 9.47 Å². The average Bonchev–Trinajstić information content (AvgIpc) is 2.82. The zero-order valence-corrected chi connectivity index (χ0v) is 17.4. The molecule has 0 spiro atoms. The maximum Gasteiger partial charge on any atom is 0.263 e. The molecule has 0 unspecified atom stereocenters. The predicted octanol–water partition coefficient (Wildman–Crippen LogP) is 1.59. The van der Waals surface area contributed by atoms with Gasteiger partial charge >= 0.3 is 0 Å². The summed E-state index contributed by atoms with van der Waals surface area (Å²) in [6.45, 7) is 4.24. The number of fused-ring (bicyclic) bond motifs is 1. The summed E-state index contributed by atoms with van der Waals surface area (Å²) in [4.78, 5) is 40.5. The lowest BCUT2D eigenvalue weighted by molar-refractivity contribution is -0.128. The molecular weight excluding hydrogens is 398 g/mol. The number of carbonyl (C=O) groups is 3. The van der Waals surface area contributed by atoms with Gasteiger partial charge in [-0.2, -0.15) is 0 Å². The van der Waals surface area contributed by atoms with Gasteiger partial charge in [0, 0.05) is 32.1 Å². The quantitative estimate of drug-likeness (QED) is 0.807. The summed E-state index contributed by atoms with van der Waals surface area (Å²) in [5.41, 5.74) is 2.15. The third-order valence-electron chi connectivity index (χ3n) is 5.41. The van der Waals surface area contributed by atoms with Crippen molar-refractivity contribution < 1.29 is 23.9 Å². The second-order valence-electron chi connectivity index (χ2n) is 7.52. The van der Waals surface area contributed by atoms with Crippen LogP contribution < -0.4 is 15.0 Å². The molecule has 1 atom stereocenters. The van der Waals surface area contributed by atoms with Crippen LogP contribution in [0, 0.1) is 0 Å². The number of rotatable bonds is 4. The van der Waals surface area contributed by atoms with E-state index in [1.165, 1.54) is 6.92 Å². The van der Waals surface area contributed by atoms with Gasteiger partial charge < -0.3 is 24.6 Å². The standard InChI is InChI=1S/C23H25N3O5/c1-16(27)26-15-21(31-20-5-3-2-4-19(20)26)22(28)24-14-17-6-8-18(9-7-17)23(29)25-10-12-30-13-11-25/h2-9,21H,10-15H2,1H3,(H,24,28)/t21-/m1/s1. The van der Waals surface area contributed by atoms with Gasteiger partial charge in [0.05, 0.1) is 25.4 Å². The second kappa shape index (κ2) is 9.18. The molecule has 0 aromatic heterocycles. The van der Waals surface area contributed by atoms with Gasteiger partial charge in [-0.05, 0) is 29.8 Å². The van der Waals surface area contributed by atoms with Crippen LogP contribution in [0.2, 0.25) is 0 Å². The fourth-order valence-corrected chi connectivity index (χ4v) is 3.69. The normalized spacial score (nSPS) is 18.0. The number of benzene rings is 2. The van der Waals surface area contributed by atoms with Gasteiger partial charge in [0.2, 0.25) is 5.91 Å². The molecule has 3 amide bonds. The Morgan fingerprint density at radius 3 is 2.45 bits per heavy atom. The molecule has 8 heteroatoms. The highest BCUT2D eigenvalue weighted by Gasteiger charge is 2.32. The minimum atomic E-state index is -0.791. The third kappa shape index (κ3) is 4.69. The number of nitrogens with one attached hydrogen (secondary N) is 1. The molecule has 0 saturated carbocycles. The van der Waals surface area contributed by atoms with Crippen molar-refractivity contribution in [2.45, 2.75) is 19.6 Å². The van der Waals surface area contributed by atoms with Gasteiger partial charge in [0.15, 0.2) is 6.10 Å². The molecular formula is C23H25N3O5. The molecule has 8 nitrogen and oxygen atoms in total. The number of hydrogen-bond acceptors (Lipinski definition) is 5. The Morgan fingerprint density at radius 1 is 1.03 bits per heavy atom. The van der Waals surface area contributed by atoms with Gasteiger partial charge in [-0.25, -0.2) is 0 Å². The van der Waals surface area contributed by atoms with Crippen molar-refractivity contribution in [2.24, 2.45) is 0 Å². The van der Waals surface area contributed by atoms with E-state index in [-0.39, 0.29) is 24.3 Å². The van der Waals surface area contributed by atoms with Crippen molar-refractivity contribution in [3.8, 4) is 5.75 Å². The van der Waals surface area contributed by atoms with Crippen LogP contribution in [-0.4, -0.2) is 61.6 Å². The van der Waals surface area contributed by atoms with Crippen LogP contribution in [0.5, 0.6) is 5.75 Å². The summed E-state index contributed by atoms with van der Waals surface area (Å²) in [6, 6.07) is 14.4. The summed E-state index contributed by atoms with van der Waals surface area (Å²) in [6.07, 6.45) is -0.791. The molecule has 162 valence electrons. The second-order valence-corrected chi connectivity index (χ2v) is 7.52. The molecule has 31 heavy (non-hydrogen) atoms. The molecule has 2 aromatic carbocycles. The molecule has 0 aliphatic carbocycles. The van der Waals surface area contributed by atoms with Crippen LogP contribution in [0.15, 0.2) is 48.5 Å². The van der Waals surface area contributed by atoms with E-state index in [1.807, 2.05) is 18.2 Å². The summed E-state index contributed by atoms with van der Waals surface area (Å²) >= 11 is 0. The van der Waals surface area contributed by atoms with Crippen molar-refractivity contribution in [2.75, 3.05) is 37.7 Å². The lowest BCUT2D eigenvalue weighted by Gasteiger charge is -2.33. The Morgan fingerprint density at radius 2 is 1.74 bits per heavy atom. The predicted molar refractivity (Wildman–Crippen MR) is 114 cm³/mol. The van der Waals surface area contributed by atoms with Gasteiger partial charge in [-0.15, -0.1) is 0 Å². The maximum absolute atomic E-state index is 12.7. The largest absolute Gasteiger partial charge is 0.477 e. The van der Waals surface area contributed by atoms with E-state index in [0.29, 0.717) is 49.8 Å². The topological polar surface area (TPSA) is 88.2 Å². The number of anilines is 1. The number of ether oxygens (including phenoxy) is 2. The molecule has 1 fully saturated rings. The number of hydrogen-bond donors (Lipinski definition) is 1. The first-order chi connectivity index (χ1) is 15.0. The molecule has 2 aliphatic heterocycles. The Kier molecular flexibility index (Phi) is 6.18. The van der Waals surface area contributed by atoms with Gasteiger partial charge in [0.25, 0.3) is 11.8 Å². The Labute approximate surface area is 180 Å². The molecule has 0 bridgehead atoms. The van der Waals surface area contributed by atoms with E-state index in [0.717, 1.165) is 5.56 Å². The number of nitrogens with zero attached hydrogens (tertiary/aromatic N) is 2. The number of carbonyl (C=O) groups excluding carboxylic acids is 3. The zero-order chi connectivity index (χ0) is 21.8. The minimum absolute atomic E-state index is 0.0162. The summed E-state index contributed by atoms with van der Waals surface area (Å²) < 4.78 is 11.1. The lowest BCUT2D eigenvalue weighted by Crippen LogP contribution is -2.50. The van der Waals surface area contributed by atoms with Crippen LogP contribution in [0.4, 0.5) is 5.69 Å². The number of para-hydroxylation sites is 2. The Balaban J connectivity index is 1.35. The first-order valence-electron chi connectivity index (χ1n) is 10.3. The van der Waals surface area contributed by atoms with Crippen LogP contribution in [-0.2, 0) is 20.9 Å². The Hall–Kier alpha value is -3.39. The molecule has 0 radical (unpaired) electrons. The fraction of sp³-hybridized carbons (Fsp3) is 0.348. The summed E-state index contributed by atoms with van der Waals surface area (Å²) in [5.74, 6) is 0.0517. The van der Waals surface area contributed by atoms with Crippen LogP contribution in [0.3, 0.4) is 0 Å². The van der Waals surface area contributed by atoms with Crippen LogP contribution in [0.1, 0.15) is 22.8 Å². The molecule has 2 aromatic rings. The van der Waals surface area contributed by atoms with E-state index < -0.39 is 6.10 Å². The van der Waals surface area contributed by atoms with Crippen LogP contribution >= 0.6 is 0 Å². The van der Waals surface area contributed by atoms with Crippen molar-refractivity contribution in [3.63, 3.8) is 0 Å². The summed E-state index contributed by atoms with van der Waals surface area (Å²) in [7, 11) is 0. The highest BCUT2D eigenvalue weighted by molar-refractivity contribution is 5.96. The highest BCUT2D eigenvalue weighted by Crippen LogP contribution is 2.33. The molecule has 2 heterocycles. The van der Waals surface area contributed by atoms with Crippen LogP contribution in [0.25, 0.3) is 0 Å². The molecule has 2 aliphatic rings. The lowest BCUT2D eigenvalue weighted by atomic mass is 10.1. The van der Waals surface area contributed by atoms with E-state index >= 15 is 0 Å². The monoisotopic (exact) mass is 423 g/mol. The van der Waals surface area contributed by atoms with Gasteiger partial charge in [-0.1, -0.05) is 24.3 Å². The van der Waals surface area contributed by atoms with Gasteiger partial charge in [-0.3, -0.25) is 14.4 Å². The van der Waals surface area contributed by atoms with Gasteiger partial charge in [0.1, 0.15) is 5.75 Å². The van der Waals surface area contributed by atoms with E-state index in [1.54, 1.807) is 40.1 Å². The first-order valence-corrected chi connectivity index (χ1v) is 10.3. The maximum atomic E-state index is 12.7. The average molecular weight is 423 g/mol. The third-order valence-corrected chi connectivity index (χ3v) is 5.41. The van der Waals surface area contributed by atoms with Crippen molar-refractivity contribution in [1.82, 2.24) is 10.2 Å². The highest BCUT2D eigenvalue weighted by atomic mass is 16.5.